The summed E-state index contributed by atoms with van der Waals surface area (Å²) >= 11 is 0. The number of carbonyl (C=O) groups is 1. The fraction of sp³-hybridized carbons (Fsp3) is 0.167. The highest BCUT2D eigenvalue weighted by atomic mass is 16.4. The Morgan fingerprint density at radius 2 is 2.07 bits per heavy atom. The Bertz CT molecular complexity index is 547. The topological polar surface area (TPSA) is 50.2 Å². The summed E-state index contributed by atoms with van der Waals surface area (Å²) in [5, 5.41) is 10.9. The highest BCUT2D eigenvalue weighted by molar-refractivity contribution is 5.95. The molecule has 1 aromatic carbocycles. The molecule has 0 fully saturated rings. The first-order valence-corrected chi connectivity index (χ1v) is 4.69. The van der Waals surface area contributed by atoms with Gasteiger partial charge in [-0.15, -0.1) is 0 Å². The van der Waals surface area contributed by atoms with E-state index in [1.165, 1.54) is 0 Å². The molecule has 1 heterocycles. The molecule has 0 radical (unpaired) electrons. The summed E-state index contributed by atoms with van der Waals surface area (Å²) in [6.45, 7) is 3.79. The van der Waals surface area contributed by atoms with Crippen molar-refractivity contribution in [3.05, 3.63) is 41.2 Å². The summed E-state index contributed by atoms with van der Waals surface area (Å²) in [7, 11) is 0. The molecule has 0 aliphatic carbocycles. The summed E-state index contributed by atoms with van der Waals surface area (Å²) in [4.78, 5) is 14.8. The van der Waals surface area contributed by atoms with E-state index >= 15 is 0 Å². The van der Waals surface area contributed by atoms with Gasteiger partial charge in [-0.3, -0.25) is 0 Å². The predicted molar refractivity (Wildman–Crippen MR) is 58.2 cm³/mol. The first-order valence-electron chi connectivity index (χ1n) is 4.69. The Morgan fingerprint density at radius 1 is 1.33 bits per heavy atom. The fourth-order valence-corrected chi connectivity index (χ4v) is 1.70. The zero-order chi connectivity index (χ0) is 11.0. The molecule has 15 heavy (non-hydrogen) atoms. The lowest BCUT2D eigenvalue weighted by Gasteiger charge is -2.05. The number of hydrogen-bond donors (Lipinski definition) is 1. The predicted octanol–water partition coefficient (Wildman–Crippen LogP) is 2.55. The van der Waals surface area contributed by atoms with Crippen molar-refractivity contribution >= 4 is 16.7 Å². The van der Waals surface area contributed by atoms with E-state index < -0.39 is 5.97 Å². The molecule has 1 aromatic heterocycles. The number of pyridine rings is 1. The number of rotatable bonds is 1. The van der Waals surface area contributed by atoms with Crippen LogP contribution in [0.1, 0.15) is 21.6 Å². The third-order valence-electron chi connectivity index (χ3n) is 2.50. The van der Waals surface area contributed by atoms with Crippen LogP contribution in [0.5, 0.6) is 0 Å². The van der Waals surface area contributed by atoms with Gasteiger partial charge >= 0.3 is 5.97 Å². The number of aromatic carboxylic acids is 1. The van der Waals surface area contributed by atoms with Crippen molar-refractivity contribution in [1.82, 2.24) is 4.98 Å². The Kier molecular flexibility index (Phi) is 2.15. The normalized spacial score (nSPS) is 10.5. The van der Waals surface area contributed by atoms with Crippen molar-refractivity contribution < 1.29 is 9.90 Å². The Morgan fingerprint density at radius 3 is 2.73 bits per heavy atom. The maximum absolute atomic E-state index is 10.9. The number of carboxylic acids is 1. The van der Waals surface area contributed by atoms with Gasteiger partial charge < -0.3 is 5.11 Å². The molecule has 0 amide bonds. The van der Waals surface area contributed by atoms with Gasteiger partial charge in [0.15, 0.2) is 5.69 Å². The van der Waals surface area contributed by atoms with Crippen LogP contribution in [0.15, 0.2) is 24.4 Å². The minimum atomic E-state index is -0.977. The number of fused-ring (bicyclic) bond motifs is 1. The van der Waals surface area contributed by atoms with Crippen LogP contribution in [0.2, 0.25) is 0 Å². The first kappa shape index (κ1) is 9.65. The van der Waals surface area contributed by atoms with Crippen LogP contribution in [0.25, 0.3) is 10.8 Å². The van der Waals surface area contributed by atoms with Gasteiger partial charge in [-0.2, -0.15) is 0 Å². The number of nitrogens with zero attached hydrogens (tertiary/aromatic N) is 1. The average molecular weight is 201 g/mol. The molecule has 2 rings (SSSR count). The number of carboxylic acid groups (broad SMARTS) is 1. The van der Waals surface area contributed by atoms with Crippen LogP contribution in [-0.2, 0) is 0 Å². The highest BCUT2D eigenvalue weighted by Gasteiger charge is 2.11. The Labute approximate surface area is 87.4 Å². The van der Waals surface area contributed by atoms with Crippen molar-refractivity contribution in [1.29, 1.82) is 0 Å². The van der Waals surface area contributed by atoms with Crippen molar-refractivity contribution in [2.24, 2.45) is 0 Å². The first-order chi connectivity index (χ1) is 7.09. The highest BCUT2D eigenvalue weighted by Crippen LogP contribution is 2.20. The average Bonchev–Trinajstić information content (AvgIpc) is 2.17. The summed E-state index contributed by atoms with van der Waals surface area (Å²) < 4.78 is 0. The van der Waals surface area contributed by atoms with Crippen molar-refractivity contribution in [2.45, 2.75) is 13.8 Å². The van der Waals surface area contributed by atoms with E-state index in [1.807, 2.05) is 25.1 Å². The minimum absolute atomic E-state index is 0.131. The lowest BCUT2D eigenvalue weighted by Crippen LogP contribution is -2.03. The molecular weight excluding hydrogens is 190 g/mol. The minimum Gasteiger partial charge on any atom is -0.477 e. The molecular formula is C12H11NO2. The van der Waals surface area contributed by atoms with Gasteiger partial charge in [-0.05, 0) is 30.9 Å². The quantitative estimate of drug-likeness (QED) is 0.771. The van der Waals surface area contributed by atoms with Crippen LogP contribution < -0.4 is 0 Å². The monoisotopic (exact) mass is 201 g/mol. The Balaban J connectivity index is 2.80. The maximum atomic E-state index is 10.9. The van der Waals surface area contributed by atoms with Crippen molar-refractivity contribution in [3.63, 3.8) is 0 Å². The summed E-state index contributed by atoms with van der Waals surface area (Å²) in [5.74, 6) is -0.977. The van der Waals surface area contributed by atoms with Gasteiger partial charge in [-0.25, -0.2) is 9.78 Å². The van der Waals surface area contributed by atoms with Gasteiger partial charge in [0.1, 0.15) is 0 Å². The summed E-state index contributed by atoms with van der Waals surface area (Å²) in [5.41, 5.74) is 2.00. The van der Waals surface area contributed by atoms with E-state index in [2.05, 4.69) is 4.98 Å². The Hall–Kier alpha value is -1.90. The van der Waals surface area contributed by atoms with E-state index in [9.17, 15) is 4.79 Å². The van der Waals surface area contributed by atoms with Gasteiger partial charge in [-0.1, -0.05) is 17.7 Å². The summed E-state index contributed by atoms with van der Waals surface area (Å²) in [6.07, 6.45) is 1.61. The van der Waals surface area contributed by atoms with Gasteiger partial charge in [0.25, 0.3) is 0 Å². The maximum Gasteiger partial charge on any atom is 0.354 e. The van der Waals surface area contributed by atoms with Crippen LogP contribution in [-0.4, -0.2) is 16.1 Å². The van der Waals surface area contributed by atoms with Crippen LogP contribution in [0, 0.1) is 13.8 Å². The molecule has 1 N–H and O–H groups in total. The van der Waals surface area contributed by atoms with Crippen LogP contribution in [0.3, 0.4) is 0 Å². The van der Waals surface area contributed by atoms with Gasteiger partial charge in [0, 0.05) is 11.6 Å². The molecule has 76 valence electrons. The molecule has 0 bridgehead atoms. The van der Waals surface area contributed by atoms with E-state index in [1.54, 1.807) is 13.1 Å². The molecule has 3 heteroatoms. The lowest BCUT2D eigenvalue weighted by atomic mass is 10.0. The molecule has 0 spiro atoms. The second-order valence-electron chi connectivity index (χ2n) is 3.63. The number of benzene rings is 1. The number of hydrogen-bond acceptors (Lipinski definition) is 2. The van der Waals surface area contributed by atoms with Gasteiger partial charge in [0.05, 0.1) is 0 Å². The number of aromatic nitrogens is 1. The lowest BCUT2D eigenvalue weighted by molar-refractivity contribution is 0.0690. The molecule has 0 aliphatic heterocycles. The fourth-order valence-electron chi connectivity index (χ4n) is 1.70. The van der Waals surface area contributed by atoms with Crippen LogP contribution >= 0.6 is 0 Å². The molecule has 0 saturated heterocycles. The summed E-state index contributed by atoms with van der Waals surface area (Å²) in [6, 6.07) is 5.91. The molecule has 0 atom stereocenters. The second-order valence-corrected chi connectivity index (χ2v) is 3.63. The van der Waals surface area contributed by atoms with Crippen molar-refractivity contribution in [3.8, 4) is 0 Å². The SMILES string of the molecule is Cc1ccc2c(C)c(C(=O)O)ncc2c1. The third-order valence-corrected chi connectivity index (χ3v) is 2.50. The van der Waals surface area contributed by atoms with E-state index in [0.29, 0.717) is 0 Å². The smallest absolute Gasteiger partial charge is 0.354 e. The van der Waals surface area contributed by atoms with Crippen molar-refractivity contribution in [2.75, 3.05) is 0 Å². The van der Waals surface area contributed by atoms with E-state index in [-0.39, 0.29) is 5.69 Å². The number of aryl methyl sites for hydroxylation is 2. The second kappa shape index (κ2) is 3.35. The molecule has 2 aromatic rings. The standard InChI is InChI=1S/C12H11NO2/c1-7-3-4-10-8(2)11(12(14)15)13-6-9(10)5-7/h3-6H,1-2H3,(H,14,15). The van der Waals surface area contributed by atoms with Gasteiger partial charge in [0.2, 0.25) is 0 Å². The third kappa shape index (κ3) is 1.56. The zero-order valence-corrected chi connectivity index (χ0v) is 8.61. The largest absolute Gasteiger partial charge is 0.477 e. The molecule has 0 saturated carbocycles. The molecule has 0 unspecified atom stereocenters. The van der Waals surface area contributed by atoms with E-state index in [4.69, 9.17) is 5.11 Å². The zero-order valence-electron chi connectivity index (χ0n) is 8.61. The van der Waals surface area contributed by atoms with E-state index in [0.717, 1.165) is 21.9 Å². The molecule has 0 aliphatic rings. The van der Waals surface area contributed by atoms with Crippen LogP contribution in [0.4, 0.5) is 0 Å². The molecule has 3 nitrogen and oxygen atoms in total.